The van der Waals surface area contributed by atoms with Crippen molar-refractivity contribution in [3.8, 4) is 11.5 Å². The third-order valence-electron chi connectivity index (χ3n) is 4.72. The van der Waals surface area contributed by atoms with Gasteiger partial charge in [-0.25, -0.2) is 0 Å². The molecule has 128 valence electrons. The van der Waals surface area contributed by atoms with E-state index in [2.05, 4.69) is 9.80 Å². The maximum atomic E-state index is 10.7. The zero-order valence-corrected chi connectivity index (χ0v) is 13.8. The highest BCUT2D eigenvalue weighted by molar-refractivity contribution is 5.52. The SMILES string of the molecule is Cc1c(O)cc(CN2CCOCC2)c(O)c1CN1CCOCC1. The van der Waals surface area contributed by atoms with E-state index >= 15 is 0 Å². The average molecular weight is 322 g/mol. The van der Waals surface area contributed by atoms with Crippen LogP contribution in [-0.4, -0.2) is 72.6 Å². The molecule has 1 aromatic rings. The molecule has 2 saturated heterocycles. The topological polar surface area (TPSA) is 65.4 Å². The molecule has 0 bridgehead atoms. The second kappa shape index (κ2) is 7.49. The highest BCUT2D eigenvalue weighted by Gasteiger charge is 2.21. The Balaban J connectivity index is 1.79. The molecule has 1 aromatic carbocycles. The predicted molar refractivity (Wildman–Crippen MR) is 86.7 cm³/mol. The molecular formula is C17H26N2O4. The maximum Gasteiger partial charge on any atom is 0.125 e. The van der Waals surface area contributed by atoms with E-state index in [1.54, 1.807) is 6.07 Å². The first-order valence-electron chi connectivity index (χ1n) is 8.28. The van der Waals surface area contributed by atoms with Crippen molar-refractivity contribution in [2.75, 3.05) is 52.6 Å². The van der Waals surface area contributed by atoms with E-state index in [9.17, 15) is 10.2 Å². The van der Waals surface area contributed by atoms with E-state index in [-0.39, 0.29) is 5.75 Å². The van der Waals surface area contributed by atoms with Gasteiger partial charge in [0, 0.05) is 50.4 Å². The highest BCUT2D eigenvalue weighted by Crippen LogP contribution is 2.34. The van der Waals surface area contributed by atoms with Crippen LogP contribution in [-0.2, 0) is 22.6 Å². The van der Waals surface area contributed by atoms with Crippen molar-refractivity contribution in [3.63, 3.8) is 0 Å². The molecule has 6 heteroatoms. The summed E-state index contributed by atoms with van der Waals surface area (Å²) in [5.74, 6) is 0.576. The van der Waals surface area contributed by atoms with Crippen LogP contribution in [0.4, 0.5) is 0 Å². The molecule has 0 unspecified atom stereocenters. The van der Waals surface area contributed by atoms with Gasteiger partial charge in [0.2, 0.25) is 0 Å². The average Bonchev–Trinajstić information content (AvgIpc) is 2.58. The molecule has 2 heterocycles. The lowest BCUT2D eigenvalue weighted by molar-refractivity contribution is 0.0326. The summed E-state index contributed by atoms with van der Waals surface area (Å²) in [4.78, 5) is 4.50. The molecule has 2 N–H and O–H groups in total. The number of ether oxygens (including phenoxy) is 2. The minimum atomic E-state index is 0.259. The number of rotatable bonds is 4. The van der Waals surface area contributed by atoms with Gasteiger partial charge in [-0.2, -0.15) is 0 Å². The van der Waals surface area contributed by atoms with Gasteiger partial charge in [-0.3, -0.25) is 9.80 Å². The van der Waals surface area contributed by atoms with Crippen LogP contribution in [0.3, 0.4) is 0 Å². The van der Waals surface area contributed by atoms with Gasteiger partial charge in [-0.05, 0) is 18.6 Å². The molecule has 0 radical (unpaired) electrons. The zero-order chi connectivity index (χ0) is 16.2. The number of hydrogen-bond donors (Lipinski definition) is 2. The van der Waals surface area contributed by atoms with Crippen LogP contribution < -0.4 is 0 Å². The quantitative estimate of drug-likeness (QED) is 0.809. The van der Waals surface area contributed by atoms with Crippen molar-refractivity contribution in [1.82, 2.24) is 9.80 Å². The first kappa shape index (κ1) is 16.5. The molecule has 23 heavy (non-hydrogen) atoms. The monoisotopic (exact) mass is 322 g/mol. The van der Waals surface area contributed by atoms with E-state index in [4.69, 9.17) is 9.47 Å². The van der Waals surface area contributed by atoms with Crippen molar-refractivity contribution in [2.24, 2.45) is 0 Å². The number of phenols is 2. The van der Waals surface area contributed by atoms with Crippen molar-refractivity contribution in [3.05, 3.63) is 22.8 Å². The van der Waals surface area contributed by atoms with Gasteiger partial charge in [-0.15, -0.1) is 0 Å². The molecule has 0 aromatic heterocycles. The Hall–Kier alpha value is -1.34. The van der Waals surface area contributed by atoms with Crippen molar-refractivity contribution in [1.29, 1.82) is 0 Å². The second-order valence-electron chi connectivity index (χ2n) is 6.28. The number of morpholine rings is 2. The third-order valence-corrected chi connectivity index (χ3v) is 4.72. The van der Waals surface area contributed by atoms with Crippen LogP contribution in [0.25, 0.3) is 0 Å². The van der Waals surface area contributed by atoms with Crippen molar-refractivity contribution in [2.45, 2.75) is 20.0 Å². The van der Waals surface area contributed by atoms with Crippen LogP contribution in [0, 0.1) is 6.92 Å². The van der Waals surface area contributed by atoms with Gasteiger partial charge >= 0.3 is 0 Å². The molecule has 2 aliphatic rings. The molecule has 0 spiro atoms. The molecular weight excluding hydrogens is 296 g/mol. The number of benzene rings is 1. The van der Waals surface area contributed by atoms with Gasteiger partial charge in [0.25, 0.3) is 0 Å². The summed E-state index contributed by atoms with van der Waals surface area (Å²) in [5, 5.41) is 21.0. The van der Waals surface area contributed by atoms with Crippen LogP contribution >= 0.6 is 0 Å². The molecule has 6 nitrogen and oxygen atoms in total. The summed E-state index contributed by atoms with van der Waals surface area (Å²) in [6.45, 7) is 9.45. The highest BCUT2D eigenvalue weighted by atomic mass is 16.5. The van der Waals surface area contributed by atoms with E-state index in [1.807, 2.05) is 6.92 Å². The van der Waals surface area contributed by atoms with Gasteiger partial charge in [-0.1, -0.05) is 0 Å². The Morgan fingerprint density at radius 2 is 1.43 bits per heavy atom. The van der Waals surface area contributed by atoms with Gasteiger partial charge in [0.1, 0.15) is 11.5 Å². The molecule has 0 atom stereocenters. The van der Waals surface area contributed by atoms with E-state index in [0.717, 1.165) is 69.3 Å². The Morgan fingerprint density at radius 1 is 0.913 bits per heavy atom. The Morgan fingerprint density at radius 3 is 2.00 bits per heavy atom. The molecule has 3 rings (SSSR count). The third kappa shape index (κ3) is 3.95. The fourth-order valence-electron chi connectivity index (χ4n) is 3.16. The largest absolute Gasteiger partial charge is 0.508 e. The minimum absolute atomic E-state index is 0.259. The van der Waals surface area contributed by atoms with Crippen LogP contribution in [0.1, 0.15) is 16.7 Å². The summed E-state index contributed by atoms with van der Waals surface area (Å²) in [6.07, 6.45) is 0. The molecule has 2 fully saturated rings. The molecule has 2 aliphatic heterocycles. The fraction of sp³-hybridized carbons (Fsp3) is 0.647. The summed E-state index contributed by atoms with van der Waals surface area (Å²) >= 11 is 0. The molecule has 0 saturated carbocycles. The minimum Gasteiger partial charge on any atom is -0.508 e. The number of nitrogens with zero attached hydrogens (tertiary/aromatic N) is 2. The lowest BCUT2D eigenvalue weighted by Gasteiger charge is -2.29. The van der Waals surface area contributed by atoms with E-state index in [1.165, 1.54) is 0 Å². The van der Waals surface area contributed by atoms with Gasteiger partial charge in [0.05, 0.1) is 26.4 Å². The fourth-order valence-corrected chi connectivity index (χ4v) is 3.16. The predicted octanol–water partition coefficient (Wildman–Crippen LogP) is 1.07. The summed E-state index contributed by atoms with van der Waals surface area (Å²) in [5.41, 5.74) is 2.38. The van der Waals surface area contributed by atoms with Crippen molar-refractivity contribution >= 4 is 0 Å². The first-order valence-corrected chi connectivity index (χ1v) is 8.28. The zero-order valence-electron chi connectivity index (χ0n) is 13.8. The number of hydrogen-bond acceptors (Lipinski definition) is 6. The standard InChI is InChI=1S/C17H26N2O4/c1-13-15(12-19-4-8-23-9-5-19)17(21)14(10-16(13)20)11-18-2-6-22-7-3-18/h10,20-21H,2-9,11-12H2,1H3. The molecule has 0 amide bonds. The summed E-state index contributed by atoms with van der Waals surface area (Å²) in [6, 6.07) is 1.70. The molecule has 0 aliphatic carbocycles. The number of phenolic OH excluding ortho intramolecular Hbond substituents is 2. The van der Waals surface area contributed by atoms with Gasteiger partial charge < -0.3 is 19.7 Å². The van der Waals surface area contributed by atoms with Crippen LogP contribution in [0.2, 0.25) is 0 Å². The Kier molecular flexibility index (Phi) is 5.38. The lowest BCUT2D eigenvalue weighted by Crippen LogP contribution is -2.36. The Labute approximate surface area is 137 Å². The summed E-state index contributed by atoms with van der Waals surface area (Å²) in [7, 11) is 0. The van der Waals surface area contributed by atoms with E-state index < -0.39 is 0 Å². The van der Waals surface area contributed by atoms with Crippen LogP contribution in [0.15, 0.2) is 6.07 Å². The second-order valence-corrected chi connectivity index (χ2v) is 6.28. The normalized spacial score (nSPS) is 20.7. The van der Waals surface area contributed by atoms with Crippen molar-refractivity contribution < 1.29 is 19.7 Å². The number of aromatic hydroxyl groups is 2. The van der Waals surface area contributed by atoms with Gasteiger partial charge in [0.15, 0.2) is 0 Å². The maximum absolute atomic E-state index is 10.7. The van der Waals surface area contributed by atoms with Crippen LogP contribution in [0.5, 0.6) is 11.5 Å². The summed E-state index contributed by atoms with van der Waals surface area (Å²) < 4.78 is 10.7. The smallest absolute Gasteiger partial charge is 0.125 e. The van der Waals surface area contributed by atoms with E-state index in [0.29, 0.717) is 18.8 Å². The lowest BCUT2D eigenvalue weighted by atomic mass is 10.0. The Bertz CT molecular complexity index is 538. The first-order chi connectivity index (χ1) is 11.1.